The van der Waals surface area contributed by atoms with Gasteiger partial charge in [-0.15, -0.1) is 22.7 Å². The molecule has 0 atom stereocenters. The van der Waals surface area contributed by atoms with Crippen LogP contribution in [0.5, 0.6) is 0 Å². The van der Waals surface area contributed by atoms with Crippen molar-refractivity contribution in [1.82, 2.24) is 4.98 Å². The summed E-state index contributed by atoms with van der Waals surface area (Å²) in [6.45, 7) is 1.80. The SMILES string of the molecule is COC(=O)c1c(NC(=O)c2scnc2C)sc2c1CCCCC2. The first-order valence-electron chi connectivity index (χ1n) is 7.56. The number of carbonyl (C=O) groups is 2. The zero-order valence-corrected chi connectivity index (χ0v) is 14.7. The van der Waals surface area contributed by atoms with E-state index in [9.17, 15) is 9.59 Å². The molecule has 23 heavy (non-hydrogen) atoms. The molecule has 0 radical (unpaired) electrons. The number of esters is 1. The predicted octanol–water partition coefficient (Wildman–Crippen LogP) is 3.82. The van der Waals surface area contributed by atoms with E-state index in [0.717, 1.165) is 31.2 Å². The first-order chi connectivity index (χ1) is 11.1. The van der Waals surface area contributed by atoms with Crippen molar-refractivity contribution in [2.24, 2.45) is 0 Å². The van der Waals surface area contributed by atoms with Crippen molar-refractivity contribution in [1.29, 1.82) is 0 Å². The van der Waals surface area contributed by atoms with Gasteiger partial charge in [0.05, 0.1) is 23.9 Å². The van der Waals surface area contributed by atoms with Crippen molar-refractivity contribution in [3.63, 3.8) is 0 Å². The number of rotatable bonds is 3. The van der Waals surface area contributed by atoms with Crippen LogP contribution in [0.2, 0.25) is 0 Å². The molecule has 0 unspecified atom stereocenters. The Morgan fingerprint density at radius 1 is 1.26 bits per heavy atom. The number of thiophene rings is 1. The Bertz CT molecular complexity index is 749. The molecule has 1 aliphatic rings. The van der Waals surface area contributed by atoms with Crippen LogP contribution in [0.25, 0.3) is 0 Å². The highest BCUT2D eigenvalue weighted by Crippen LogP contribution is 2.38. The summed E-state index contributed by atoms with van der Waals surface area (Å²) in [5.41, 5.74) is 3.93. The first kappa shape index (κ1) is 16.1. The lowest BCUT2D eigenvalue weighted by molar-refractivity contribution is 0.0601. The van der Waals surface area contributed by atoms with Crippen LogP contribution in [-0.2, 0) is 17.6 Å². The summed E-state index contributed by atoms with van der Waals surface area (Å²) < 4.78 is 4.94. The molecule has 0 saturated heterocycles. The number of thiazole rings is 1. The molecular weight excluding hydrogens is 332 g/mol. The number of hydrogen-bond acceptors (Lipinski definition) is 6. The van der Waals surface area contributed by atoms with Crippen LogP contribution >= 0.6 is 22.7 Å². The van der Waals surface area contributed by atoms with Crippen molar-refractivity contribution in [3.05, 3.63) is 32.1 Å². The highest BCUT2D eigenvalue weighted by molar-refractivity contribution is 7.17. The summed E-state index contributed by atoms with van der Waals surface area (Å²) in [5.74, 6) is -0.590. The van der Waals surface area contributed by atoms with Crippen molar-refractivity contribution in [3.8, 4) is 0 Å². The zero-order chi connectivity index (χ0) is 16.4. The molecular formula is C16H18N2O3S2. The lowest BCUT2D eigenvalue weighted by Gasteiger charge is -2.07. The van der Waals surface area contributed by atoms with Gasteiger partial charge in [-0.25, -0.2) is 9.78 Å². The van der Waals surface area contributed by atoms with E-state index in [1.807, 2.05) is 0 Å². The summed E-state index contributed by atoms with van der Waals surface area (Å²) in [6, 6.07) is 0. The number of ether oxygens (including phenoxy) is 1. The second-order valence-electron chi connectivity index (χ2n) is 5.48. The Kier molecular flexibility index (Phi) is 4.77. The van der Waals surface area contributed by atoms with E-state index in [4.69, 9.17) is 4.74 Å². The number of methoxy groups -OCH3 is 1. The van der Waals surface area contributed by atoms with E-state index < -0.39 is 0 Å². The second-order valence-corrected chi connectivity index (χ2v) is 7.44. The zero-order valence-electron chi connectivity index (χ0n) is 13.1. The fourth-order valence-corrected chi connectivity index (χ4v) is 4.80. The summed E-state index contributed by atoms with van der Waals surface area (Å²) in [6.07, 6.45) is 5.18. The van der Waals surface area contributed by atoms with Crippen LogP contribution in [0.4, 0.5) is 5.00 Å². The number of aromatic nitrogens is 1. The van der Waals surface area contributed by atoms with Gasteiger partial charge in [-0.1, -0.05) is 6.42 Å². The predicted molar refractivity (Wildman–Crippen MR) is 91.7 cm³/mol. The quantitative estimate of drug-likeness (QED) is 0.675. The minimum absolute atomic E-state index is 0.216. The molecule has 0 bridgehead atoms. The van der Waals surface area contributed by atoms with E-state index in [1.54, 1.807) is 12.4 Å². The summed E-state index contributed by atoms with van der Waals surface area (Å²) in [5, 5.41) is 3.49. The molecule has 2 heterocycles. The van der Waals surface area contributed by atoms with Gasteiger partial charge in [0.25, 0.3) is 5.91 Å². The lowest BCUT2D eigenvalue weighted by Crippen LogP contribution is -2.14. The average Bonchev–Trinajstić information content (AvgIpc) is 3.03. The molecule has 5 nitrogen and oxygen atoms in total. The van der Waals surface area contributed by atoms with Crippen LogP contribution in [0.3, 0.4) is 0 Å². The van der Waals surface area contributed by atoms with Gasteiger partial charge in [0.2, 0.25) is 0 Å². The normalized spacial score (nSPS) is 14.0. The number of nitrogens with one attached hydrogen (secondary N) is 1. The van der Waals surface area contributed by atoms with Gasteiger partial charge in [-0.3, -0.25) is 4.79 Å². The number of fused-ring (bicyclic) bond motifs is 1. The maximum absolute atomic E-state index is 12.5. The van der Waals surface area contributed by atoms with E-state index in [2.05, 4.69) is 10.3 Å². The summed E-state index contributed by atoms with van der Waals surface area (Å²) in [4.78, 5) is 30.6. The van der Waals surface area contributed by atoms with Crippen LogP contribution in [0.1, 0.15) is 55.4 Å². The molecule has 0 fully saturated rings. The molecule has 3 rings (SSSR count). The van der Waals surface area contributed by atoms with Crippen LogP contribution in [-0.4, -0.2) is 24.0 Å². The molecule has 0 spiro atoms. The number of anilines is 1. The maximum Gasteiger partial charge on any atom is 0.341 e. The van der Waals surface area contributed by atoms with Gasteiger partial charge >= 0.3 is 5.97 Å². The topological polar surface area (TPSA) is 68.3 Å². The number of amides is 1. The number of carbonyl (C=O) groups excluding carboxylic acids is 2. The van der Waals surface area contributed by atoms with Crippen molar-refractivity contribution in [2.45, 2.75) is 39.0 Å². The largest absolute Gasteiger partial charge is 0.465 e. The minimum Gasteiger partial charge on any atom is -0.465 e. The summed E-state index contributed by atoms with van der Waals surface area (Å²) >= 11 is 2.80. The van der Waals surface area contributed by atoms with E-state index in [1.165, 1.54) is 41.1 Å². The minimum atomic E-state index is -0.374. The molecule has 1 N–H and O–H groups in total. The van der Waals surface area contributed by atoms with Crippen molar-refractivity contribution in [2.75, 3.05) is 12.4 Å². The van der Waals surface area contributed by atoms with Gasteiger partial charge in [0.15, 0.2) is 0 Å². The Morgan fingerprint density at radius 3 is 2.74 bits per heavy atom. The smallest absolute Gasteiger partial charge is 0.341 e. The third-order valence-electron chi connectivity index (χ3n) is 3.99. The molecule has 2 aromatic rings. The molecule has 122 valence electrons. The molecule has 0 aromatic carbocycles. The molecule has 7 heteroatoms. The van der Waals surface area contributed by atoms with Crippen molar-refractivity contribution < 1.29 is 14.3 Å². The van der Waals surface area contributed by atoms with E-state index in [0.29, 0.717) is 21.1 Å². The number of hydrogen-bond donors (Lipinski definition) is 1. The van der Waals surface area contributed by atoms with Crippen LogP contribution in [0.15, 0.2) is 5.51 Å². The molecule has 1 aliphatic carbocycles. The molecule has 0 aliphatic heterocycles. The third kappa shape index (κ3) is 3.16. The Hall–Kier alpha value is -1.73. The highest BCUT2D eigenvalue weighted by atomic mass is 32.1. The van der Waals surface area contributed by atoms with Crippen molar-refractivity contribution >= 4 is 39.6 Å². The standard InChI is InChI=1S/C16H18N2O3S2/c1-9-13(22-8-17-9)14(19)18-15-12(16(20)21-2)10-6-4-3-5-7-11(10)23-15/h8H,3-7H2,1-2H3,(H,18,19). The Morgan fingerprint density at radius 2 is 2.04 bits per heavy atom. The van der Waals surface area contributed by atoms with Crippen LogP contribution < -0.4 is 5.32 Å². The fourth-order valence-electron chi connectivity index (χ4n) is 2.83. The van der Waals surface area contributed by atoms with E-state index in [-0.39, 0.29) is 11.9 Å². The monoisotopic (exact) mass is 350 g/mol. The Labute approximate surface area is 142 Å². The lowest BCUT2D eigenvalue weighted by atomic mass is 10.1. The van der Waals surface area contributed by atoms with Gasteiger partial charge in [-0.05, 0) is 38.2 Å². The van der Waals surface area contributed by atoms with E-state index >= 15 is 0 Å². The maximum atomic E-state index is 12.5. The van der Waals surface area contributed by atoms with Gasteiger partial charge < -0.3 is 10.1 Å². The van der Waals surface area contributed by atoms with Crippen LogP contribution in [0, 0.1) is 6.92 Å². The summed E-state index contributed by atoms with van der Waals surface area (Å²) in [7, 11) is 1.38. The third-order valence-corrected chi connectivity index (χ3v) is 6.12. The number of aryl methyl sites for hydroxylation is 2. The van der Waals surface area contributed by atoms with Gasteiger partial charge in [-0.2, -0.15) is 0 Å². The molecule has 2 aromatic heterocycles. The number of nitrogens with zero attached hydrogens (tertiary/aromatic N) is 1. The molecule has 0 saturated carbocycles. The fraction of sp³-hybridized carbons (Fsp3) is 0.438. The highest BCUT2D eigenvalue weighted by Gasteiger charge is 2.27. The first-order valence-corrected chi connectivity index (χ1v) is 9.25. The second kappa shape index (κ2) is 6.80. The van der Waals surface area contributed by atoms with Gasteiger partial charge in [0.1, 0.15) is 9.88 Å². The van der Waals surface area contributed by atoms with Gasteiger partial charge in [0, 0.05) is 4.88 Å². The molecule has 1 amide bonds. The average molecular weight is 350 g/mol. The Balaban J connectivity index is 1.97.